The molecule has 0 radical (unpaired) electrons. The number of benzene rings is 3. The van der Waals surface area contributed by atoms with Crippen molar-refractivity contribution in [1.29, 1.82) is 0 Å². The van der Waals surface area contributed by atoms with Crippen molar-refractivity contribution in [2.45, 2.75) is 32.3 Å². The molecule has 3 aromatic rings. The lowest BCUT2D eigenvalue weighted by molar-refractivity contribution is -0.145. The van der Waals surface area contributed by atoms with Gasteiger partial charge in [0.2, 0.25) is 6.29 Å². The van der Waals surface area contributed by atoms with Crippen LogP contribution in [0.4, 0.5) is 8.78 Å². The monoisotopic (exact) mass is 438 g/mol. The maximum Gasteiger partial charge on any atom is 0.306 e. The molecule has 0 spiro atoms. The molecule has 0 N–H and O–H groups in total. The zero-order valence-electron chi connectivity index (χ0n) is 17.1. The minimum Gasteiger partial charge on any atom is -0.461 e. The van der Waals surface area contributed by atoms with E-state index in [2.05, 4.69) is 0 Å². The van der Waals surface area contributed by atoms with Crippen LogP contribution in [0.5, 0.6) is 5.75 Å². The van der Waals surface area contributed by atoms with E-state index in [4.69, 9.17) is 14.2 Å². The van der Waals surface area contributed by atoms with Gasteiger partial charge in [0.25, 0.3) is 0 Å². The summed E-state index contributed by atoms with van der Waals surface area (Å²) in [5.74, 6) is -1.42. The second-order valence-corrected chi connectivity index (χ2v) is 7.32. The Labute approximate surface area is 183 Å². The number of esters is 1. The number of ketones is 1. The van der Waals surface area contributed by atoms with Crippen LogP contribution < -0.4 is 4.74 Å². The van der Waals surface area contributed by atoms with Crippen LogP contribution in [0.3, 0.4) is 0 Å². The number of carbonyl (C=O) groups excluding carboxylic acids is 2. The number of hydrogen-bond donors (Lipinski definition) is 0. The van der Waals surface area contributed by atoms with Gasteiger partial charge in [-0.2, -0.15) is 0 Å². The Balaban J connectivity index is 1.38. The van der Waals surface area contributed by atoms with Gasteiger partial charge in [-0.25, -0.2) is 8.78 Å². The van der Waals surface area contributed by atoms with Crippen LogP contribution in [0.15, 0.2) is 66.7 Å². The number of rotatable bonds is 7. The van der Waals surface area contributed by atoms with Crippen LogP contribution in [0.2, 0.25) is 0 Å². The second kappa shape index (κ2) is 9.70. The standard InChI is InChI=1S/C25H20F2O5/c26-20-8-6-16(7-9-20)22(28)10-11-23(29)30-14-18-12-21(27)13-19-15-31-25(32-24(18)19)17-4-2-1-3-5-17/h1-9,12-13,25H,10-11,14-15H2/t25-/m1/s1. The summed E-state index contributed by atoms with van der Waals surface area (Å²) >= 11 is 0. The highest BCUT2D eigenvalue weighted by molar-refractivity contribution is 5.97. The average Bonchev–Trinajstić information content (AvgIpc) is 2.81. The third-order valence-electron chi connectivity index (χ3n) is 5.01. The van der Waals surface area contributed by atoms with Gasteiger partial charge in [-0.3, -0.25) is 9.59 Å². The fourth-order valence-electron chi connectivity index (χ4n) is 3.38. The molecule has 0 saturated heterocycles. The van der Waals surface area contributed by atoms with Crippen molar-refractivity contribution in [3.8, 4) is 5.75 Å². The van der Waals surface area contributed by atoms with Crippen molar-refractivity contribution in [3.63, 3.8) is 0 Å². The molecule has 0 aliphatic carbocycles. The third-order valence-corrected chi connectivity index (χ3v) is 5.01. The number of Topliss-reactive ketones (excluding diaryl/α,β-unsaturated/α-hetero) is 1. The summed E-state index contributed by atoms with van der Waals surface area (Å²) in [6, 6.07) is 17.0. The molecule has 0 saturated carbocycles. The van der Waals surface area contributed by atoms with Gasteiger partial charge in [-0.15, -0.1) is 0 Å². The van der Waals surface area contributed by atoms with Crippen LogP contribution in [0.25, 0.3) is 0 Å². The first-order valence-corrected chi connectivity index (χ1v) is 10.1. The molecule has 0 bridgehead atoms. The molecule has 5 nitrogen and oxygen atoms in total. The van der Waals surface area contributed by atoms with Gasteiger partial charge < -0.3 is 14.2 Å². The van der Waals surface area contributed by atoms with Gasteiger partial charge in [0.15, 0.2) is 5.78 Å². The smallest absolute Gasteiger partial charge is 0.306 e. The van der Waals surface area contributed by atoms with Gasteiger partial charge in [0.1, 0.15) is 24.0 Å². The van der Waals surface area contributed by atoms with Crippen LogP contribution in [-0.4, -0.2) is 11.8 Å². The minimum atomic E-state index is -0.656. The number of hydrogen-bond acceptors (Lipinski definition) is 5. The molecule has 4 rings (SSSR count). The number of carbonyl (C=O) groups is 2. The lowest BCUT2D eigenvalue weighted by Crippen LogP contribution is -2.20. The first-order chi connectivity index (χ1) is 15.5. The van der Waals surface area contributed by atoms with E-state index in [-0.39, 0.29) is 31.8 Å². The topological polar surface area (TPSA) is 61.8 Å². The van der Waals surface area contributed by atoms with E-state index in [0.29, 0.717) is 22.4 Å². The predicted octanol–water partition coefficient (Wildman–Crippen LogP) is 5.28. The molecule has 0 amide bonds. The van der Waals surface area contributed by atoms with E-state index >= 15 is 0 Å². The molecule has 3 aromatic carbocycles. The lowest BCUT2D eigenvalue weighted by Gasteiger charge is -2.28. The molecule has 1 atom stereocenters. The van der Waals surface area contributed by atoms with Gasteiger partial charge >= 0.3 is 5.97 Å². The summed E-state index contributed by atoms with van der Waals surface area (Å²) in [6.07, 6.45) is -0.881. The summed E-state index contributed by atoms with van der Waals surface area (Å²) in [6.45, 7) is -0.0506. The lowest BCUT2D eigenvalue weighted by atomic mass is 10.1. The highest BCUT2D eigenvalue weighted by atomic mass is 19.1. The van der Waals surface area contributed by atoms with Crippen molar-refractivity contribution < 1.29 is 32.6 Å². The summed E-state index contributed by atoms with van der Waals surface area (Å²) in [5, 5.41) is 0. The molecule has 164 valence electrons. The Morgan fingerprint density at radius 1 is 0.938 bits per heavy atom. The Kier molecular flexibility index (Phi) is 6.56. The first-order valence-electron chi connectivity index (χ1n) is 10.1. The summed E-state index contributed by atoms with van der Waals surface area (Å²) in [4.78, 5) is 24.3. The maximum atomic E-state index is 14.0. The SMILES string of the molecule is O=C(CCC(=O)c1ccc(F)cc1)OCc1cc(F)cc2c1O[C@H](c1ccccc1)OC2. The maximum absolute atomic E-state index is 14.0. The summed E-state index contributed by atoms with van der Waals surface area (Å²) in [7, 11) is 0. The van der Waals surface area contributed by atoms with E-state index in [1.54, 1.807) is 0 Å². The van der Waals surface area contributed by atoms with Crippen molar-refractivity contribution in [2.75, 3.05) is 0 Å². The van der Waals surface area contributed by atoms with Crippen LogP contribution in [0.1, 0.15) is 46.2 Å². The summed E-state index contributed by atoms with van der Waals surface area (Å²) < 4.78 is 43.9. The Morgan fingerprint density at radius 2 is 1.69 bits per heavy atom. The highest BCUT2D eigenvalue weighted by Gasteiger charge is 2.25. The largest absolute Gasteiger partial charge is 0.461 e. The molecule has 1 heterocycles. The fourth-order valence-corrected chi connectivity index (χ4v) is 3.38. The first kappa shape index (κ1) is 21.6. The highest BCUT2D eigenvalue weighted by Crippen LogP contribution is 2.36. The van der Waals surface area contributed by atoms with E-state index < -0.39 is 23.9 Å². The van der Waals surface area contributed by atoms with Crippen LogP contribution in [0, 0.1) is 11.6 Å². The quantitative estimate of drug-likeness (QED) is 0.371. The zero-order chi connectivity index (χ0) is 22.5. The Morgan fingerprint density at radius 3 is 2.44 bits per heavy atom. The van der Waals surface area contributed by atoms with Crippen molar-refractivity contribution in [3.05, 3.63) is 101 Å². The summed E-state index contributed by atoms with van der Waals surface area (Å²) in [5.41, 5.74) is 2.03. The average molecular weight is 438 g/mol. The van der Waals surface area contributed by atoms with Crippen LogP contribution >= 0.6 is 0 Å². The molecule has 32 heavy (non-hydrogen) atoms. The normalized spacial score (nSPS) is 14.9. The van der Waals surface area contributed by atoms with Gasteiger partial charge in [-0.1, -0.05) is 30.3 Å². The molecular formula is C25H20F2O5. The van der Waals surface area contributed by atoms with E-state index in [1.165, 1.54) is 36.4 Å². The second-order valence-electron chi connectivity index (χ2n) is 7.32. The Bertz CT molecular complexity index is 1110. The van der Waals surface area contributed by atoms with Gasteiger partial charge in [0, 0.05) is 28.7 Å². The fraction of sp³-hybridized carbons (Fsp3) is 0.200. The van der Waals surface area contributed by atoms with Crippen molar-refractivity contribution in [1.82, 2.24) is 0 Å². The molecular weight excluding hydrogens is 418 g/mol. The van der Waals surface area contributed by atoms with Crippen molar-refractivity contribution >= 4 is 11.8 Å². The van der Waals surface area contributed by atoms with Gasteiger partial charge in [-0.05, 0) is 36.4 Å². The predicted molar refractivity (Wildman–Crippen MR) is 111 cm³/mol. The van der Waals surface area contributed by atoms with Crippen LogP contribution in [-0.2, 0) is 27.5 Å². The molecule has 7 heteroatoms. The molecule has 1 aliphatic heterocycles. The van der Waals surface area contributed by atoms with Crippen molar-refractivity contribution in [2.24, 2.45) is 0 Å². The third kappa shape index (κ3) is 5.18. The van der Waals surface area contributed by atoms with E-state index in [9.17, 15) is 18.4 Å². The molecule has 0 fully saturated rings. The molecule has 1 aliphatic rings. The molecule has 0 unspecified atom stereocenters. The Hall–Kier alpha value is -3.58. The minimum absolute atomic E-state index is 0.0772. The number of halogens is 2. The number of ether oxygens (including phenoxy) is 3. The molecule has 0 aromatic heterocycles. The van der Waals surface area contributed by atoms with Gasteiger partial charge in [0.05, 0.1) is 13.0 Å². The zero-order valence-corrected chi connectivity index (χ0v) is 17.1. The number of fused-ring (bicyclic) bond motifs is 1. The van der Waals surface area contributed by atoms with E-state index in [0.717, 1.165) is 5.56 Å². The van der Waals surface area contributed by atoms with E-state index in [1.807, 2.05) is 30.3 Å².